The van der Waals surface area contributed by atoms with Gasteiger partial charge in [0.15, 0.2) is 0 Å². The van der Waals surface area contributed by atoms with Gasteiger partial charge in [-0.3, -0.25) is 4.68 Å². The Morgan fingerprint density at radius 2 is 1.44 bits per heavy atom. The van der Waals surface area contributed by atoms with Crippen molar-refractivity contribution in [3.05, 3.63) is 79.0 Å². The summed E-state index contributed by atoms with van der Waals surface area (Å²) in [5.74, 6) is -2.51. The molecule has 3 N–H and O–H groups in total. The minimum atomic E-state index is -1.26. The molecule has 1 heterocycles. The first-order valence-electron chi connectivity index (χ1n) is 12.2. The van der Waals surface area contributed by atoms with E-state index >= 15 is 0 Å². The Hall–Kier alpha value is -3.75. The maximum absolute atomic E-state index is 9.55. The van der Waals surface area contributed by atoms with Crippen LogP contribution in [0.4, 0.5) is 0 Å². The lowest BCUT2D eigenvalue weighted by Gasteiger charge is -2.17. The number of carboxylic acids is 2. The van der Waals surface area contributed by atoms with Gasteiger partial charge < -0.3 is 20.4 Å². The minimum Gasteiger partial charge on any atom is -0.478 e. The number of carboxylic acid groups (broad SMARTS) is 2. The molecule has 0 atom stereocenters. The molecule has 0 aliphatic heterocycles. The van der Waals surface area contributed by atoms with Crippen molar-refractivity contribution >= 4 is 11.9 Å². The molecule has 0 saturated carbocycles. The van der Waals surface area contributed by atoms with E-state index < -0.39 is 11.9 Å². The fourth-order valence-electron chi connectivity index (χ4n) is 3.70. The highest BCUT2D eigenvalue weighted by atomic mass is 16.4. The Morgan fingerprint density at radius 3 is 1.97 bits per heavy atom. The number of aromatic nitrogens is 2. The van der Waals surface area contributed by atoms with E-state index in [9.17, 15) is 9.59 Å². The van der Waals surface area contributed by atoms with Crippen LogP contribution in [-0.2, 0) is 16.1 Å². The first-order chi connectivity index (χ1) is 17.5. The van der Waals surface area contributed by atoms with E-state index in [2.05, 4.69) is 89.4 Å². The fourth-order valence-corrected chi connectivity index (χ4v) is 3.70. The molecular formula is C28H36N4O4. The molecule has 0 fully saturated rings. The summed E-state index contributed by atoms with van der Waals surface area (Å²) in [6.45, 7) is 10.7. The molecule has 1 aromatic heterocycles. The lowest BCUT2D eigenvalue weighted by atomic mass is 10.0. The van der Waals surface area contributed by atoms with Gasteiger partial charge in [-0.15, -0.1) is 0 Å². The Morgan fingerprint density at radius 1 is 0.889 bits per heavy atom. The summed E-state index contributed by atoms with van der Waals surface area (Å²) in [4.78, 5) is 21.6. The van der Waals surface area contributed by atoms with Gasteiger partial charge in [-0.05, 0) is 38.2 Å². The van der Waals surface area contributed by atoms with Crippen molar-refractivity contribution in [2.24, 2.45) is 0 Å². The van der Waals surface area contributed by atoms with Crippen LogP contribution in [0.3, 0.4) is 0 Å². The molecular weight excluding hydrogens is 456 g/mol. The van der Waals surface area contributed by atoms with Crippen molar-refractivity contribution in [2.75, 3.05) is 32.7 Å². The van der Waals surface area contributed by atoms with Gasteiger partial charge in [0.2, 0.25) is 0 Å². The average molecular weight is 493 g/mol. The minimum absolute atomic E-state index is 0.558. The van der Waals surface area contributed by atoms with Gasteiger partial charge in [0, 0.05) is 29.8 Å². The molecule has 0 amide bonds. The molecule has 192 valence electrons. The molecule has 0 radical (unpaired) electrons. The quantitative estimate of drug-likeness (QED) is 0.242. The second-order valence-corrected chi connectivity index (χ2v) is 8.00. The Bertz CT molecular complexity index is 1060. The molecule has 0 aliphatic carbocycles. The van der Waals surface area contributed by atoms with E-state index in [-0.39, 0.29) is 0 Å². The van der Waals surface area contributed by atoms with Crippen LogP contribution in [0.15, 0.2) is 79.0 Å². The fraction of sp³-hybridized carbons (Fsp3) is 0.321. The van der Waals surface area contributed by atoms with Crippen LogP contribution in [0.25, 0.3) is 22.4 Å². The van der Waals surface area contributed by atoms with Crippen LogP contribution in [0, 0.1) is 0 Å². The lowest BCUT2D eigenvalue weighted by Crippen LogP contribution is -2.28. The van der Waals surface area contributed by atoms with Crippen LogP contribution in [0.5, 0.6) is 0 Å². The standard InChI is InChI=1S/C24H32N4.C4H4O4/c1-3-27(4-2)18-11-16-25-17-19-28-24(22-14-9-6-10-15-22)23(20-26-28)21-12-7-5-8-13-21;5-3(6)1-2-4(7)8/h5-10,12-15,20,25H,3-4,11,16-19H2,1-2H3;1-2H,(H,5,6)(H,7,8)/b;2-1+. The largest absolute Gasteiger partial charge is 0.478 e. The molecule has 8 heteroatoms. The lowest BCUT2D eigenvalue weighted by molar-refractivity contribution is -0.134. The maximum atomic E-state index is 9.55. The summed E-state index contributed by atoms with van der Waals surface area (Å²) >= 11 is 0. The van der Waals surface area contributed by atoms with E-state index in [4.69, 9.17) is 15.3 Å². The topological polar surface area (TPSA) is 108 Å². The van der Waals surface area contributed by atoms with Crippen molar-refractivity contribution in [1.29, 1.82) is 0 Å². The van der Waals surface area contributed by atoms with Crippen molar-refractivity contribution in [1.82, 2.24) is 20.0 Å². The second-order valence-electron chi connectivity index (χ2n) is 8.00. The first kappa shape index (κ1) is 28.5. The van der Waals surface area contributed by atoms with Crippen molar-refractivity contribution in [3.63, 3.8) is 0 Å². The molecule has 0 spiro atoms. The molecule has 0 unspecified atom stereocenters. The average Bonchev–Trinajstić information content (AvgIpc) is 3.32. The zero-order valence-corrected chi connectivity index (χ0v) is 21.0. The molecule has 0 aliphatic rings. The van der Waals surface area contributed by atoms with Gasteiger partial charge in [-0.2, -0.15) is 5.10 Å². The van der Waals surface area contributed by atoms with Crippen LogP contribution in [0.1, 0.15) is 20.3 Å². The third-order valence-electron chi connectivity index (χ3n) is 5.56. The van der Waals surface area contributed by atoms with Gasteiger partial charge in [0.05, 0.1) is 18.4 Å². The monoisotopic (exact) mass is 492 g/mol. The van der Waals surface area contributed by atoms with E-state index in [0.29, 0.717) is 12.2 Å². The normalized spacial score (nSPS) is 10.9. The predicted octanol–water partition coefficient (Wildman–Crippen LogP) is 4.25. The molecule has 3 aromatic rings. The SMILES string of the molecule is CCN(CC)CCCNCCn1ncc(-c2ccccc2)c1-c1ccccc1.O=C(O)/C=C/C(=O)O. The summed E-state index contributed by atoms with van der Waals surface area (Å²) in [6.07, 6.45) is 4.30. The Kier molecular flexibility index (Phi) is 12.7. The number of rotatable bonds is 13. The Balaban J connectivity index is 0.000000493. The second kappa shape index (κ2) is 16.0. The molecule has 36 heavy (non-hydrogen) atoms. The number of nitrogens with zero attached hydrogens (tertiary/aromatic N) is 3. The number of hydrogen-bond acceptors (Lipinski definition) is 5. The van der Waals surface area contributed by atoms with E-state index in [0.717, 1.165) is 39.3 Å². The van der Waals surface area contributed by atoms with Gasteiger partial charge in [-0.25, -0.2) is 9.59 Å². The maximum Gasteiger partial charge on any atom is 0.328 e. The van der Waals surface area contributed by atoms with E-state index in [1.54, 1.807) is 0 Å². The first-order valence-corrected chi connectivity index (χ1v) is 12.2. The highest BCUT2D eigenvalue weighted by molar-refractivity contribution is 5.89. The molecule has 8 nitrogen and oxygen atoms in total. The molecule has 0 bridgehead atoms. The van der Waals surface area contributed by atoms with Crippen molar-refractivity contribution in [3.8, 4) is 22.4 Å². The van der Waals surface area contributed by atoms with Crippen LogP contribution >= 0.6 is 0 Å². The molecule has 2 aromatic carbocycles. The van der Waals surface area contributed by atoms with Gasteiger partial charge in [0.1, 0.15) is 0 Å². The summed E-state index contributed by atoms with van der Waals surface area (Å²) in [5.41, 5.74) is 4.80. The summed E-state index contributed by atoms with van der Waals surface area (Å²) in [5, 5.41) is 23.9. The number of hydrogen-bond donors (Lipinski definition) is 3. The summed E-state index contributed by atoms with van der Waals surface area (Å²) < 4.78 is 2.13. The zero-order valence-electron chi connectivity index (χ0n) is 21.0. The summed E-state index contributed by atoms with van der Waals surface area (Å²) in [7, 11) is 0. The van der Waals surface area contributed by atoms with Crippen LogP contribution < -0.4 is 5.32 Å². The highest BCUT2D eigenvalue weighted by Gasteiger charge is 2.14. The number of aliphatic carboxylic acids is 2. The van der Waals surface area contributed by atoms with Crippen LogP contribution in [-0.4, -0.2) is 69.6 Å². The Labute approximate surface area is 212 Å². The third kappa shape index (κ3) is 9.85. The molecule has 0 saturated heterocycles. The predicted molar refractivity (Wildman–Crippen MR) is 143 cm³/mol. The smallest absolute Gasteiger partial charge is 0.328 e. The van der Waals surface area contributed by atoms with Crippen molar-refractivity contribution in [2.45, 2.75) is 26.8 Å². The number of carbonyl (C=O) groups is 2. The van der Waals surface area contributed by atoms with Crippen molar-refractivity contribution < 1.29 is 19.8 Å². The van der Waals surface area contributed by atoms with Gasteiger partial charge >= 0.3 is 11.9 Å². The number of benzene rings is 2. The third-order valence-corrected chi connectivity index (χ3v) is 5.56. The van der Waals surface area contributed by atoms with E-state index in [1.165, 1.54) is 28.8 Å². The molecule has 3 rings (SSSR count). The van der Waals surface area contributed by atoms with Crippen LogP contribution in [0.2, 0.25) is 0 Å². The van der Waals surface area contributed by atoms with Gasteiger partial charge in [-0.1, -0.05) is 74.5 Å². The summed E-state index contributed by atoms with van der Waals surface area (Å²) in [6, 6.07) is 21.1. The van der Waals surface area contributed by atoms with E-state index in [1.807, 2.05) is 6.20 Å². The number of nitrogens with one attached hydrogen (secondary N) is 1. The zero-order chi connectivity index (χ0) is 26.2. The highest BCUT2D eigenvalue weighted by Crippen LogP contribution is 2.31. The van der Waals surface area contributed by atoms with Gasteiger partial charge in [0.25, 0.3) is 0 Å².